The number of hydrogen-bond acceptors (Lipinski definition) is 3. The van der Waals surface area contributed by atoms with Crippen LogP contribution in [-0.4, -0.2) is 54.8 Å². The number of rotatable bonds is 4. The molecule has 0 aromatic heterocycles. The van der Waals surface area contributed by atoms with Crippen molar-refractivity contribution in [1.82, 2.24) is 9.80 Å². The van der Waals surface area contributed by atoms with Gasteiger partial charge in [0, 0.05) is 31.9 Å². The van der Waals surface area contributed by atoms with Crippen LogP contribution in [0.3, 0.4) is 0 Å². The van der Waals surface area contributed by atoms with Crippen LogP contribution in [-0.2, 0) is 9.59 Å². The minimum absolute atomic E-state index is 0.00569. The van der Waals surface area contributed by atoms with Crippen molar-refractivity contribution in [3.05, 3.63) is 29.8 Å². The van der Waals surface area contributed by atoms with E-state index in [1.807, 2.05) is 31.2 Å². The van der Waals surface area contributed by atoms with Gasteiger partial charge in [-0.2, -0.15) is 0 Å². The lowest BCUT2D eigenvalue weighted by atomic mass is 10.2. The maximum absolute atomic E-state index is 11.9. The number of anilines is 1. The van der Waals surface area contributed by atoms with Crippen molar-refractivity contribution in [3.63, 3.8) is 0 Å². The average molecular weight is 261 g/mol. The lowest BCUT2D eigenvalue weighted by molar-refractivity contribution is -0.120. The second-order valence-electron chi connectivity index (χ2n) is 4.78. The predicted octanol–water partition coefficient (Wildman–Crippen LogP) is 0.708. The van der Waals surface area contributed by atoms with Crippen molar-refractivity contribution in [3.8, 4) is 0 Å². The highest BCUT2D eigenvalue weighted by Gasteiger charge is 2.17. The Morgan fingerprint density at radius 3 is 2.58 bits per heavy atom. The average Bonchev–Trinajstić information content (AvgIpc) is 2.42. The zero-order chi connectivity index (χ0) is 13.7. The Morgan fingerprint density at radius 2 is 1.95 bits per heavy atom. The topological polar surface area (TPSA) is 52.7 Å². The Bertz CT molecular complexity index is 454. The molecule has 2 rings (SSSR count). The summed E-state index contributed by atoms with van der Waals surface area (Å²) in [6, 6.07) is 7.73. The molecule has 0 saturated carbocycles. The van der Waals surface area contributed by atoms with Gasteiger partial charge in [-0.25, -0.2) is 0 Å². The first kappa shape index (κ1) is 13.5. The minimum Gasteiger partial charge on any atom is -0.343 e. The molecule has 0 bridgehead atoms. The van der Waals surface area contributed by atoms with E-state index in [1.54, 1.807) is 4.90 Å². The molecular weight excluding hydrogens is 242 g/mol. The second kappa shape index (κ2) is 6.33. The first-order valence-electron chi connectivity index (χ1n) is 6.46. The Labute approximate surface area is 113 Å². The molecule has 1 aromatic carbocycles. The second-order valence-corrected chi connectivity index (χ2v) is 4.78. The van der Waals surface area contributed by atoms with E-state index in [0.29, 0.717) is 19.6 Å². The van der Waals surface area contributed by atoms with Crippen LogP contribution in [0.25, 0.3) is 0 Å². The van der Waals surface area contributed by atoms with Gasteiger partial charge in [-0.1, -0.05) is 18.2 Å². The molecule has 0 radical (unpaired) electrons. The van der Waals surface area contributed by atoms with E-state index in [0.717, 1.165) is 30.8 Å². The van der Waals surface area contributed by atoms with E-state index < -0.39 is 0 Å². The molecule has 0 aliphatic carbocycles. The smallest absolute Gasteiger partial charge is 0.238 e. The van der Waals surface area contributed by atoms with E-state index in [9.17, 15) is 9.59 Å². The molecule has 1 fully saturated rings. The highest BCUT2D eigenvalue weighted by molar-refractivity contribution is 5.92. The summed E-state index contributed by atoms with van der Waals surface area (Å²) in [5, 5.41) is 2.92. The van der Waals surface area contributed by atoms with Gasteiger partial charge in [0.15, 0.2) is 0 Å². The van der Waals surface area contributed by atoms with E-state index in [-0.39, 0.29) is 5.91 Å². The summed E-state index contributed by atoms with van der Waals surface area (Å²) in [6.45, 7) is 5.24. The van der Waals surface area contributed by atoms with Gasteiger partial charge in [0.05, 0.1) is 6.54 Å². The van der Waals surface area contributed by atoms with Gasteiger partial charge in [-0.05, 0) is 18.6 Å². The summed E-state index contributed by atoms with van der Waals surface area (Å²) in [5.41, 5.74) is 1.92. The Morgan fingerprint density at radius 1 is 1.26 bits per heavy atom. The molecule has 19 heavy (non-hydrogen) atoms. The Kier molecular flexibility index (Phi) is 4.52. The largest absolute Gasteiger partial charge is 0.343 e. The summed E-state index contributed by atoms with van der Waals surface area (Å²) >= 11 is 0. The molecule has 5 heteroatoms. The zero-order valence-electron chi connectivity index (χ0n) is 11.1. The minimum atomic E-state index is -0.00569. The van der Waals surface area contributed by atoms with Gasteiger partial charge >= 0.3 is 0 Å². The van der Waals surface area contributed by atoms with Crippen molar-refractivity contribution >= 4 is 18.0 Å². The van der Waals surface area contributed by atoms with E-state index in [2.05, 4.69) is 10.2 Å². The maximum Gasteiger partial charge on any atom is 0.238 e. The van der Waals surface area contributed by atoms with Gasteiger partial charge in [-0.3, -0.25) is 14.5 Å². The number of nitrogens with one attached hydrogen (secondary N) is 1. The van der Waals surface area contributed by atoms with Crippen LogP contribution in [0.1, 0.15) is 5.56 Å². The number of carbonyl (C=O) groups is 2. The van der Waals surface area contributed by atoms with Gasteiger partial charge in [0.2, 0.25) is 12.3 Å². The van der Waals surface area contributed by atoms with Crippen LogP contribution in [0.15, 0.2) is 24.3 Å². The molecule has 0 atom stereocenters. The third-order valence-corrected chi connectivity index (χ3v) is 3.34. The fraction of sp³-hybridized carbons (Fsp3) is 0.429. The van der Waals surface area contributed by atoms with Gasteiger partial charge < -0.3 is 10.2 Å². The number of para-hydroxylation sites is 1. The molecule has 2 amide bonds. The van der Waals surface area contributed by atoms with Crippen LogP contribution in [0.2, 0.25) is 0 Å². The number of carbonyl (C=O) groups excluding carboxylic acids is 2. The fourth-order valence-corrected chi connectivity index (χ4v) is 2.13. The lowest BCUT2D eigenvalue weighted by Crippen LogP contribution is -2.48. The normalized spacial score (nSPS) is 16.2. The van der Waals surface area contributed by atoms with Crippen molar-refractivity contribution < 1.29 is 9.59 Å². The molecule has 0 spiro atoms. The molecule has 1 aromatic rings. The summed E-state index contributed by atoms with van der Waals surface area (Å²) in [4.78, 5) is 26.3. The number of nitrogens with zero attached hydrogens (tertiary/aromatic N) is 2. The van der Waals surface area contributed by atoms with Crippen molar-refractivity contribution in [2.45, 2.75) is 6.92 Å². The molecule has 1 saturated heterocycles. The van der Waals surface area contributed by atoms with Gasteiger partial charge in [0.1, 0.15) is 0 Å². The van der Waals surface area contributed by atoms with Crippen LogP contribution in [0.5, 0.6) is 0 Å². The van der Waals surface area contributed by atoms with Crippen LogP contribution < -0.4 is 5.32 Å². The van der Waals surface area contributed by atoms with E-state index in [4.69, 9.17) is 0 Å². The highest BCUT2D eigenvalue weighted by atomic mass is 16.2. The summed E-state index contributed by atoms with van der Waals surface area (Å²) in [6.07, 6.45) is 0.866. The highest BCUT2D eigenvalue weighted by Crippen LogP contribution is 2.13. The standard InChI is InChI=1S/C14H19N3O2/c1-12-4-2-3-5-13(12)15-14(19)10-16-6-8-17(11-18)9-7-16/h2-5,11H,6-10H2,1H3,(H,15,19). The van der Waals surface area contributed by atoms with E-state index in [1.165, 1.54) is 0 Å². The third kappa shape index (κ3) is 3.79. The lowest BCUT2D eigenvalue weighted by Gasteiger charge is -2.31. The molecule has 1 aliphatic rings. The Balaban J connectivity index is 1.82. The van der Waals surface area contributed by atoms with Crippen LogP contribution in [0.4, 0.5) is 5.69 Å². The van der Waals surface area contributed by atoms with Gasteiger partial charge in [0.25, 0.3) is 0 Å². The molecule has 1 heterocycles. The SMILES string of the molecule is Cc1ccccc1NC(=O)CN1CCN(C=O)CC1. The number of aryl methyl sites for hydroxylation is 1. The summed E-state index contributed by atoms with van der Waals surface area (Å²) in [7, 11) is 0. The Hall–Kier alpha value is -1.88. The first-order valence-corrected chi connectivity index (χ1v) is 6.46. The van der Waals surface area contributed by atoms with Crippen molar-refractivity contribution in [2.24, 2.45) is 0 Å². The number of hydrogen-bond donors (Lipinski definition) is 1. The predicted molar refractivity (Wildman–Crippen MR) is 73.9 cm³/mol. The van der Waals surface area contributed by atoms with Crippen molar-refractivity contribution in [1.29, 1.82) is 0 Å². The molecule has 5 nitrogen and oxygen atoms in total. The molecule has 102 valence electrons. The summed E-state index contributed by atoms with van der Waals surface area (Å²) < 4.78 is 0. The molecule has 1 aliphatic heterocycles. The van der Waals surface area contributed by atoms with Crippen LogP contribution in [0, 0.1) is 6.92 Å². The monoisotopic (exact) mass is 261 g/mol. The molecular formula is C14H19N3O2. The molecule has 1 N–H and O–H groups in total. The quantitative estimate of drug-likeness (QED) is 0.812. The number of amides is 2. The fourth-order valence-electron chi connectivity index (χ4n) is 2.13. The van der Waals surface area contributed by atoms with E-state index >= 15 is 0 Å². The number of benzene rings is 1. The number of piperazine rings is 1. The molecule has 0 unspecified atom stereocenters. The maximum atomic E-state index is 11.9. The third-order valence-electron chi connectivity index (χ3n) is 3.34. The van der Waals surface area contributed by atoms with Gasteiger partial charge in [-0.15, -0.1) is 0 Å². The van der Waals surface area contributed by atoms with Crippen LogP contribution >= 0.6 is 0 Å². The van der Waals surface area contributed by atoms with Crippen molar-refractivity contribution in [2.75, 3.05) is 38.0 Å². The summed E-state index contributed by atoms with van der Waals surface area (Å²) in [5.74, 6) is -0.00569. The zero-order valence-corrected chi connectivity index (χ0v) is 11.1. The first-order chi connectivity index (χ1) is 9.19.